The lowest BCUT2D eigenvalue weighted by molar-refractivity contribution is -0.0396. The normalized spacial score (nSPS) is 19.2. The van der Waals surface area contributed by atoms with Crippen molar-refractivity contribution in [1.29, 1.82) is 0 Å². The molecule has 1 aliphatic heterocycles. The Morgan fingerprint density at radius 1 is 1.28 bits per heavy atom. The standard InChI is InChI=1S/C24H32BrClN4O5Si/c1-15(11-34-20-13-33-12-19(20)31)35-24-28-18-9-17(26)22(16-5-6-21(25)27-10-16)29-23(18)30(24)14-32-7-8-36(2,3)4/h5-6,9-10,15,19-20,31H,7-8,11-14H2,1-4H3/t15-,19+,20-/m0/s1. The zero-order valence-corrected chi connectivity index (χ0v) is 24.3. The topological polar surface area (TPSA) is 101 Å². The molecule has 4 heterocycles. The number of hydrogen-bond acceptors (Lipinski definition) is 8. The number of fused-ring (bicyclic) bond motifs is 1. The molecule has 1 saturated heterocycles. The van der Waals surface area contributed by atoms with Crippen LogP contribution in [-0.2, 0) is 20.9 Å². The van der Waals surface area contributed by atoms with Gasteiger partial charge in [0, 0.05) is 26.4 Å². The van der Waals surface area contributed by atoms with E-state index in [0.29, 0.717) is 41.1 Å². The van der Waals surface area contributed by atoms with Crippen LogP contribution in [0.15, 0.2) is 29.0 Å². The monoisotopic (exact) mass is 598 g/mol. The van der Waals surface area contributed by atoms with Crippen LogP contribution in [0.2, 0.25) is 30.7 Å². The van der Waals surface area contributed by atoms with Crippen LogP contribution < -0.4 is 4.74 Å². The molecule has 3 aromatic rings. The van der Waals surface area contributed by atoms with E-state index in [1.54, 1.807) is 12.3 Å². The molecular weight excluding hydrogens is 568 g/mol. The third kappa shape index (κ3) is 7.03. The van der Waals surface area contributed by atoms with E-state index in [9.17, 15) is 5.11 Å². The van der Waals surface area contributed by atoms with Gasteiger partial charge >= 0.3 is 6.01 Å². The second kappa shape index (κ2) is 11.8. The maximum atomic E-state index is 9.92. The van der Waals surface area contributed by atoms with Crippen molar-refractivity contribution in [2.75, 3.05) is 26.4 Å². The Bertz CT molecular complexity index is 1170. The number of nitrogens with zero attached hydrogens (tertiary/aromatic N) is 4. The maximum Gasteiger partial charge on any atom is 0.300 e. The van der Waals surface area contributed by atoms with Gasteiger partial charge in [-0.2, -0.15) is 4.98 Å². The van der Waals surface area contributed by atoms with Crippen molar-refractivity contribution < 1.29 is 24.1 Å². The summed E-state index contributed by atoms with van der Waals surface area (Å²) in [4.78, 5) is 13.8. The lowest BCUT2D eigenvalue weighted by Crippen LogP contribution is -2.31. The lowest BCUT2D eigenvalue weighted by atomic mass is 10.2. The molecule has 4 rings (SSSR count). The van der Waals surface area contributed by atoms with E-state index in [-0.39, 0.29) is 32.2 Å². The zero-order valence-electron chi connectivity index (χ0n) is 20.9. The Kier molecular flexibility index (Phi) is 9.03. The highest BCUT2D eigenvalue weighted by Crippen LogP contribution is 2.31. The van der Waals surface area contributed by atoms with Crippen molar-refractivity contribution in [2.24, 2.45) is 0 Å². The highest BCUT2D eigenvalue weighted by atomic mass is 79.9. The zero-order chi connectivity index (χ0) is 25.9. The van der Waals surface area contributed by atoms with E-state index in [1.165, 1.54) is 0 Å². The van der Waals surface area contributed by atoms with Crippen molar-refractivity contribution in [1.82, 2.24) is 19.5 Å². The predicted molar refractivity (Wildman–Crippen MR) is 144 cm³/mol. The van der Waals surface area contributed by atoms with Crippen LogP contribution in [0.25, 0.3) is 22.4 Å². The highest BCUT2D eigenvalue weighted by molar-refractivity contribution is 9.10. The molecule has 0 radical (unpaired) electrons. The van der Waals surface area contributed by atoms with Gasteiger partial charge in [0.15, 0.2) is 5.65 Å². The minimum atomic E-state index is -1.24. The molecule has 0 amide bonds. The first-order valence-electron chi connectivity index (χ1n) is 11.9. The van der Waals surface area contributed by atoms with Crippen LogP contribution in [0.3, 0.4) is 0 Å². The molecular formula is C24H32BrClN4O5Si. The summed E-state index contributed by atoms with van der Waals surface area (Å²) in [6.45, 7) is 10.6. The number of imidazole rings is 1. The SMILES string of the molecule is C[C@@H](CO[C@H]1COC[C@H]1O)Oc1nc2cc(Cl)c(-c3ccc(Br)nc3)nc2n1COCC[Si](C)(C)C. The molecule has 1 N–H and O–H groups in total. The third-order valence-corrected chi connectivity index (χ3v) is 8.17. The number of ether oxygens (including phenoxy) is 4. The largest absolute Gasteiger partial charge is 0.459 e. The summed E-state index contributed by atoms with van der Waals surface area (Å²) in [7, 11) is -1.24. The van der Waals surface area contributed by atoms with E-state index in [0.717, 1.165) is 16.2 Å². The van der Waals surface area contributed by atoms with E-state index in [4.69, 9.17) is 35.5 Å². The summed E-state index contributed by atoms with van der Waals surface area (Å²) >= 11 is 9.94. The molecule has 36 heavy (non-hydrogen) atoms. The van der Waals surface area contributed by atoms with E-state index >= 15 is 0 Å². The van der Waals surface area contributed by atoms with E-state index < -0.39 is 14.2 Å². The average molecular weight is 600 g/mol. The van der Waals surface area contributed by atoms with E-state index in [1.807, 2.05) is 23.6 Å². The molecule has 12 heteroatoms. The Balaban J connectivity index is 1.59. The highest BCUT2D eigenvalue weighted by Gasteiger charge is 2.28. The van der Waals surface area contributed by atoms with Gasteiger partial charge in [0.1, 0.15) is 35.2 Å². The Labute approximate surface area is 225 Å². The molecule has 1 fully saturated rings. The van der Waals surface area contributed by atoms with Crippen molar-refractivity contribution in [2.45, 2.75) is 57.7 Å². The lowest BCUT2D eigenvalue weighted by Gasteiger charge is -2.19. The van der Waals surface area contributed by atoms with Gasteiger partial charge in [-0.3, -0.25) is 4.57 Å². The molecule has 0 aromatic carbocycles. The fourth-order valence-corrected chi connectivity index (χ4v) is 4.86. The fraction of sp³-hybridized carbons (Fsp3) is 0.542. The van der Waals surface area contributed by atoms with Crippen molar-refractivity contribution in [3.8, 4) is 17.3 Å². The van der Waals surface area contributed by atoms with Gasteiger partial charge in [0.2, 0.25) is 0 Å². The van der Waals surface area contributed by atoms with Crippen LogP contribution in [0.5, 0.6) is 6.01 Å². The number of aromatic nitrogens is 4. The summed E-state index contributed by atoms with van der Waals surface area (Å²) < 4.78 is 25.8. The smallest absolute Gasteiger partial charge is 0.300 e. The predicted octanol–water partition coefficient (Wildman–Crippen LogP) is 4.77. The van der Waals surface area contributed by atoms with Crippen LogP contribution in [0, 0.1) is 0 Å². The van der Waals surface area contributed by atoms with Gasteiger partial charge in [-0.05, 0) is 47.1 Å². The summed E-state index contributed by atoms with van der Waals surface area (Å²) in [6.07, 6.45) is 0.399. The molecule has 9 nitrogen and oxygen atoms in total. The Hall–Kier alpha value is -1.60. The van der Waals surface area contributed by atoms with Gasteiger partial charge in [-0.15, -0.1) is 0 Å². The summed E-state index contributed by atoms with van der Waals surface area (Å²) in [5.41, 5.74) is 2.60. The van der Waals surface area contributed by atoms with Crippen molar-refractivity contribution >= 4 is 46.8 Å². The Morgan fingerprint density at radius 3 is 2.75 bits per heavy atom. The van der Waals surface area contributed by atoms with Crippen LogP contribution in [0.4, 0.5) is 0 Å². The van der Waals surface area contributed by atoms with Crippen molar-refractivity contribution in [3.63, 3.8) is 0 Å². The number of pyridine rings is 2. The summed E-state index contributed by atoms with van der Waals surface area (Å²) in [6, 6.07) is 6.94. The minimum absolute atomic E-state index is 0.242. The van der Waals surface area contributed by atoms with Crippen LogP contribution in [-0.4, -0.2) is 77.4 Å². The first kappa shape index (κ1) is 27.4. The molecule has 0 saturated carbocycles. The molecule has 0 spiro atoms. The molecule has 1 aliphatic rings. The van der Waals surface area contributed by atoms with Gasteiger partial charge in [0.05, 0.1) is 30.5 Å². The van der Waals surface area contributed by atoms with Gasteiger partial charge in [-0.1, -0.05) is 31.2 Å². The number of aliphatic hydroxyl groups excluding tert-OH is 1. The minimum Gasteiger partial charge on any atom is -0.459 e. The van der Waals surface area contributed by atoms with Crippen LogP contribution >= 0.6 is 27.5 Å². The number of halogens is 2. The fourth-order valence-electron chi connectivity index (χ4n) is 3.62. The summed E-state index contributed by atoms with van der Waals surface area (Å²) in [5, 5.41) is 10.4. The quantitative estimate of drug-likeness (QED) is 0.191. The third-order valence-electron chi connectivity index (χ3n) is 5.71. The molecule has 196 valence electrons. The van der Waals surface area contributed by atoms with Crippen molar-refractivity contribution in [3.05, 3.63) is 34.0 Å². The molecule has 0 aliphatic carbocycles. The van der Waals surface area contributed by atoms with Gasteiger partial charge in [0.25, 0.3) is 0 Å². The average Bonchev–Trinajstić information content (AvgIpc) is 3.37. The number of rotatable bonds is 11. The van der Waals surface area contributed by atoms with Crippen LogP contribution in [0.1, 0.15) is 6.92 Å². The van der Waals surface area contributed by atoms with E-state index in [2.05, 4.69) is 45.5 Å². The maximum absolute atomic E-state index is 9.92. The summed E-state index contributed by atoms with van der Waals surface area (Å²) in [5.74, 6) is 0. The van der Waals surface area contributed by atoms with Gasteiger partial charge < -0.3 is 24.1 Å². The molecule has 0 bridgehead atoms. The molecule has 0 unspecified atom stereocenters. The molecule has 3 atom stereocenters. The second-order valence-corrected chi connectivity index (χ2v) is 16.9. The number of hydrogen-bond donors (Lipinski definition) is 1. The first-order valence-corrected chi connectivity index (χ1v) is 16.8. The van der Waals surface area contributed by atoms with Gasteiger partial charge in [-0.25, -0.2) is 9.97 Å². The number of aliphatic hydroxyl groups is 1. The molecule has 3 aromatic heterocycles. The first-order chi connectivity index (χ1) is 17.1. The Morgan fingerprint density at radius 2 is 2.08 bits per heavy atom. The second-order valence-electron chi connectivity index (χ2n) is 10.1.